The van der Waals surface area contributed by atoms with E-state index in [0.717, 1.165) is 0 Å². The van der Waals surface area contributed by atoms with Crippen LogP contribution in [-0.4, -0.2) is 25.6 Å². The second-order valence-electron chi connectivity index (χ2n) is 3.57. The summed E-state index contributed by atoms with van der Waals surface area (Å²) in [6, 6.07) is 4.49. The zero-order chi connectivity index (χ0) is 13.8. The molecule has 1 aromatic carbocycles. The predicted octanol–water partition coefficient (Wildman–Crippen LogP) is 1.45. The number of nitrogens with two attached hydrogens (primary N) is 1. The van der Waals surface area contributed by atoms with E-state index in [-0.39, 0.29) is 24.4 Å². The third-order valence-corrected chi connectivity index (χ3v) is 3.43. The molecule has 7 nitrogen and oxygen atoms in total. The van der Waals surface area contributed by atoms with Crippen LogP contribution in [0.2, 0.25) is 0 Å². The number of nitrogens with zero attached hydrogens (tertiary/aromatic N) is 1. The minimum atomic E-state index is -3.50. The van der Waals surface area contributed by atoms with Crippen molar-refractivity contribution in [3.8, 4) is 0 Å². The van der Waals surface area contributed by atoms with E-state index < -0.39 is 14.9 Å². The number of primary sulfonamides is 1. The molecule has 0 aliphatic rings. The number of rotatable bonds is 6. The number of nitro groups is 1. The fourth-order valence-corrected chi connectivity index (χ4v) is 2.21. The molecule has 3 N–H and O–H groups in total. The molecule has 18 heavy (non-hydrogen) atoms. The van der Waals surface area contributed by atoms with Crippen LogP contribution in [0.1, 0.15) is 6.42 Å². The van der Waals surface area contributed by atoms with Crippen LogP contribution < -0.4 is 10.5 Å². The molecule has 0 aromatic heterocycles. The van der Waals surface area contributed by atoms with E-state index in [1.54, 1.807) is 12.1 Å². The first kappa shape index (κ1) is 14.9. The summed E-state index contributed by atoms with van der Waals surface area (Å²) in [5.41, 5.74) is 0.276. The molecule has 100 valence electrons. The van der Waals surface area contributed by atoms with Crippen molar-refractivity contribution in [3.05, 3.63) is 32.8 Å². The third-order valence-electron chi connectivity index (χ3n) is 2.08. The summed E-state index contributed by atoms with van der Waals surface area (Å²) in [7, 11) is -3.50. The Kier molecular flexibility index (Phi) is 5.05. The summed E-state index contributed by atoms with van der Waals surface area (Å²) in [5, 5.41) is 18.4. The molecule has 0 radical (unpaired) electrons. The zero-order valence-electron chi connectivity index (χ0n) is 9.30. The van der Waals surface area contributed by atoms with Crippen molar-refractivity contribution in [2.24, 2.45) is 5.14 Å². The van der Waals surface area contributed by atoms with Crippen molar-refractivity contribution in [1.29, 1.82) is 0 Å². The Balaban J connectivity index is 2.66. The third kappa shape index (κ3) is 4.98. The van der Waals surface area contributed by atoms with Crippen LogP contribution >= 0.6 is 15.9 Å². The summed E-state index contributed by atoms with van der Waals surface area (Å²) >= 11 is 3.21. The lowest BCUT2D eigenvalue weighted by atomic mass is 10.2. The second kappa shape index (κ2) is 6.12. The lowest BCUT2D eigenvalue weighted by molar-refractivity contribution is -0.384. The Hall–Kier alpha value is -1.19. The minimum Gasteiger partial charge on any atom is -0.379 e. The summed E-state index contributed by atoms with van der Waals surface area (Å²) in [4.78, 5) is 10.3. The highest BCUT2D eigenvalue weighted by molar-refractivity contribution is 9.10. The smallest absolute Gasteiger partial charge is 0.292 e. The van der Waals surface area contributed by atoms with Crippen LogP contribution in [0.5, 0.6) is 0 Å². The van der Waals surface area contributed by atoms with Gasteiger partial charge in [-0.2, -0.15) is 0 Å². The molecule has 1 rings (SSSR count). The van der Waals surface area contributed by atoms with Gasteiger partial charge in [0.05, 0.1) is 10.7 Å². The predicted molar refractivity (Wildman–Crippen MR) is 71.9 cm³/mol. The highest BCUT2D eigenvalue weighted by atomic mass is 79.9. The quantitative estimate of drug-likeness (QED) is 0.463. The van der Waals surface area contributed by atoms with Gasteiger partial charge in [-0.15, -0.1) is 0 Å². The SMILES string of the molecule is NS(=O)(=O)CCCNc1cc(Br)ccc1[N+](=O)[O-]. The largest absolute Gasteiger partial charge is 0.379 e. The van der Waals surface area contributed by atoms with Crippen LogP contribution in [0.25, 0.3) is 0 Å². The Morgan fingerprint density at radius 1 is 1.44 bits per heavy atom. The van der Waals surface area contributed by atoms with Gasteiger partial charge < -0.3 is 5.32 Å². The van der Waals surface area contributed by atoms with Crippen LogP contribution in [0.3, 0.4) is 0 Å². The monoisotopic (exact) mass is 337 g/mol. The lowest BCUT2D eigenvalue weighted by Gasteiger charge is -2.07. The maximum Gasteiger partial charge on any atom is 0.292 e. The second-order valence-corrected chi connectivity index (χ2v) is 6.22. The molecule has 0 aliphatic heterocycles. The molecule has 0 aliphatic carbocycles. The van der Waals surface area contributed by atoms with Crippen LogP contribution in [-0.2, 0) is 10.0 Å². The molecule has 0 heterocycles. The van der Waals surface area contributed by atoms with Crippen molar-refractivity contribution in [2.45, 2.75) is 6.42 Å². The van der Waals surface area contributed by atoms with Gasteiger partial charge in [-0.3, -0.25) is 10.1 Å². The van der Waals surface area contributed by atoms with Gasteiger partial charge in [0.2, 0.25) is 10.0 Å². The average Bonchev–Trinajstić information content (AvgIpc) is 2.22. The molecular weight excluding hydrogens is 326 g/mol. The molecule has 0 unspecified atom stereocenters. The molecule has 0 amide bonds. The topological polar surface area (TPSA) is 115 Å². The molecule has 0 saturated carbocycles. The van der Waals surface area contributed by atoms with Crippen LogP contribution in [0.15, 0.2) is 22.7 Å². The first-order chi connectivity index (χ1) is 8.29. The molecule has 0 bridgehead atoms. The normalized spacial score (nSPS) is 11.2. The fraction of sp³-hybridized carbons (Fsp3) is 0.333. The fourth-order valence-electron chi connectivity index (χ4n) is 1.31. The number of anilines is 1. The molecule has 0 fully saturated rings. The van der Waals surface area contributed by atoms with Crippen molar-refractivity contribution in [3.63, 3.8) is 0 Å². The number of sulfonamides is 1. The maximum atomic E-state index is 10.8. The Morgan fingerprint density at radius 2 is 2.11 bits per heavy atom. The van der Waals surface area contributed by atoms with E-state index in [0.29, 0.717) is 10.2 Å². The number of nitro benzene ring substituents is 1. The summed E-state index contributed by atoms with van der Waals surface area (Å²) in [5.74, 6) is -0.165. The van der Waals surface area contributed by atoms with Gasteiger partial charge in [0, 0.05) is 17.1 Å². The molecule has 0 spiro atoms. The number of hydrogen-bond donors (Lipinski definition) is 2. The Bertz CT molecular complexity index is 547. The van der Waals surface area contributed by atoms with Crippen molar-refractivity contribution >= 4 is 37.3 Å². The van der Waals surface area contributed by atoms with Gasteiger partial charge in [0.25, 0.3) is 5.69 Å². The van der Waals surface area contributed by atoms with Gasteiger partial charge in [0.1, 0.15) is 5.69 Å². The van der Waals surface area contributed by atoms with Crippen LogP contribution in [0.4, 0.5) is 11.4 Å². The number of hydrogen-bond acceptors (Lipinski definition) is 5. The van der Waals surface area contributed by atoms with Crippen molar-refractivity contribution < 1.29 is 13.3 Å². The summed E-state index contributed by atoms with van der Waals surface area (Å²) in [6.45, 7) is 0.285. The van der Waals surface area contributed by atoms with Gasteiger partial charge in [0.15, 0.2) is 0 Å². The highest BCUT2D eigenvalue weighted by Gasteiger charge is 2.13. The van der Waals surface area contributed by atoms with E-state index >= 15 is 0 Å². The van der Waals surface area contributed by atoms with E-state index in [4.69, 9.17) is 5.14 Å². The average molecular weight is 338 g/mol. The standard InChI is InChI=1S/C9H12BrN3O4S/c10-7-2-3-9(13(14)15)8(6-7)12-4-1-5-18(11,16)17/h2-3,6,12H,1,4-5H2,(H2,11,16,17). The highest BCUT2D eigenvalue weighted by Crippen LogP contribution is 2.27. The molecule has 9 heteroatoms. The first-order valence-corrected chi connectivity index (χ1v) is 7.49. The molecule has 0 atom stereocenters. The summed E-state index contributed by atoms with van der Waals surface area (Å²) in [6.07, 6.45) is 0.280. The minimum absolute atomic E-state index is 0.0613. The number of benzene rings is 1. The van der Waals surface area contributed by atoms with Gasteiger partial charge in [-0.05, 0) is 18.6 Å². The van der Waals surface area contributed by atoms with Gasteiger partial charge >= 0.3 is 0 Å². The van der Waals surface area contributed by atoms with Crippen molar-refractivity contribution in [1.82, 2.24) is 0 Å². The Morgan fingerprint density at radius 3 is 2.67 bits per heavy atom. The maximum absolute atomic E-state index is 10.8. The van der Waals surface area contributed by atoms with Crippen molar-refractivity contribution in [2.75, 3.05) is 17.6 Å². The lowest BCUT2D eigenvalue weighted by Crippen LogP contribution is -2.18. The van der Waals surface area contributed by atoms with Gasteiger partial charge in [-0.25, -0.2) is 13.6 Å². The first-order valence-electron chi connectivity index (χ1n) is 4.98. The molecule has 0 saturated heterocycles. The van der Waals surface area contributed by atoms with E-state index in [1.807, 2.05) is 0 Å². The summed E-state index contributed by atoms with van der Waals surface area (Å²) < 4.78 is 22.1. The Labute approximate surface area is 113 Å². The van der Waals surface area contributed by atoms with Crippen LogP contribution in [0, 0.1) is 10.1 Å². The van der Waals surface area contributed by atoms with E-state index in [2.05, 4.69) is 21.2 Å². The number of halogens is 1. The molecule has 1 aromatic rings. The number of nitrogens with one attached hydrogen (secondary N) is 1. The van der Waals surface area contributed by atoms with E-state index in [1.165, 1.54) is 6.07 Å². The molecular formula is C9H12BrN3O4S. The van der Waals surface area contributed by atoms with E-state index in [9.17, 15) is 18.5 Å². The van der Waals surface area contributed by atoms with Gasteiger partial charge in [-0.1, -0.05) is 15.9 Å². The zero-order valence-corrected chi connectivity index (χ0v) is 11.7.